The van der Waals surface area contributed by atoms with E-state index in [1.54, 1.807) is 24.3 Å². The van der Waals surface area contributed by atoms with Crippen LogP contribution in [0.15, 0.2) is 28.7 Å². The highest BCUT2D eigenvalue weighted by atomic mass is 79.9. The first-order valence-corrected chi connectivity index (χ1v) is 7.05. The summed E-state index contributed by atoms with van der Waals surface area (Å²) in [4.78, 5) is 11.7. The van der Waals surface area contributed by atoms with Crippen LogP contribution in [0.25, 0.3) is 0 Å². The molecule has 0 aliphatic rings. The molecule has 0 heterocycles. The van der Waals surface area contributed by atoms with Gasteiger partial charge in [0.1, 0.15) is 6.10 Å². The number of carbonyl (C=O) groups excluding carboxylic acids is 1. The summed E-state index contributed by atoms with van der Waals surface area (Å²) in [5.74, 6) is 0. The van der Waals surface area contributed by atoms with Crippen LogP contribution < -0.4 is 5.32 Å². The van der Waals surface area contributed by atoms with Crippen molar-refractivity contribution in [3.8, 4) is 0 Å². The van der Waals surface area contributed by atoms with Gasteiger partial charge in [-0.05, 0) is 38.5 Å². The molecule has 112 valence electrons. The zero-order valence-electron chi connectivity index (χ0n) is 11.8. The molecule has 1 aromatic rings. The minimum absolute atomic E-state index is 0.445. The van der Waals surface area contributed by atoms with Crippen molar-refractivity contribution in [2.24, 2.45) is 0 Å². The monoisotopic (exact) mass is 345 g/mol. The van der Waals surface area contributed by atoms with Gasteiger partial charge in [0, 0.05) is 10.0 Å². The molecule has 0 radical (unpaired) electrons. The van der Waals surface area contributed by atoms with E-state index in [0.717, 1.165) is 4.47 Å². The zero-order chi connectivity index (χ0) is 15.3. The minimum atomic E-state index is -1.08. The van der Waals surface area contributed by atoms with Crippen LogP contribution in [0.3, 0.4) is 0 Å². The lowest BCUT2D eigenvalue weighted by atomic mass is 10.1. The highest BCUT2D eigenvalue weighted by Gasteiger charge is 2.25. The lowest BCUT2D eigenvalue weighted by Crippen LogP contribution is -2.43. The molecule has 0 aliphatic heterocycles. The number of hydrogen-bond acceptors (Lipinski definition) is 4. The Morgan fingerprint density at radius 3 is 2.35 bits per heavy atom. The first-order valence-electron chi connectivity index (χ1n) is 6.26. The summed E-state index contributed by atoms with van der Waals surface area (Å²) in [5.41, 5.74) is 0.121. The Balaban J connectivity index is 2.70. The molecule has 1 rings (SSSR count). The number of aliphatic hydroxyl groups is 2. The van der Waals surface area contributed by atoms with Crippen LogP contribution in [0, 0.1) is 0 Å². The lowest BCUT2D eigenvalue weighted by Gasteiger charge is -2.25. The third kappa shape index (κ3) is 5.48. The Labute approximate surface area is 127 Å². The fourth-order valence-corrected chi connectivity index (χ4v) is 1.81. The standard InChI is InChI=1S/C14H20BrNO4/c1-14(2,3)16-13(19)20-11(8-17)12(18)9-4-6-10(15)7-5-9/h4-7,11-12,17-18H,8H2,1-3H3,(H,16,19). The third-order valence-corrected chi connectivity index (χ3v) is 3.01. The van der Waals surface area contributed by atoms with E-state index in [1.807, 2.05) is 20.8 Å². The molecule has 0 spiro atoms. The van der Waals surface area contributed by atoms with Gasteiger partial charge in [0.2, 0.25) is 0 Å². The van der Waals surface area contributed by atoms with Crippen LogP contribution >= 0.6 is 15.9 Å². The summed E-state index contributed by atoms with van der Waals surface area (Å²) in [7, 11) is 0. The molecule has 3 N–H and O–H groups in total. The predicted molar refractivity (Wildman–Crippen MR) is 79.3 cm³/mol. The Bertz CT molecular complexity index is 441. The van der Waals surface area contributed by atoms with Crippen molar-refractivity contribution in [2.75, 3.05) is 6.61 Å². The number of hydrogen-bond donors (Lipinski definition) is 3. The van der Waals surface area contributed by atoms with Crippen LogP contribution in [0.1, 0.15) is 32.4 Å². The van der Waals surface area contributed by atoms with Crippen LogP contribution in [-0.4, -0.2) is 34.6 Å². The topological polar surface area (TPSA) is 78.8 Å². The molecule has 1 amide bonds. The number of carbonyl (C=O) groups is 1. The Morgan fingerprint density at radius 1 is 1.35 bits per heavy atom. The molecule has 2 unspecified atom stereocenters. The van der Waals surface area contributed by atoms with E-state index < -0.39 is 30.4 Å². The summed E-state index contributed by atoms with van der Waals surface area (Å²) < 4.78 is 5.94. The molecular formula is C14H20BrNO4. The van der Waals surface area contributed by atoms with Crippen LogP contribution in [0.2, 0.25) is 0 Å². The van der Waals surface area contributed by atoms with E-state index in [-0.39, 0.29) is 0 Å². The smallest absolute Gasteiger partial charge is 0.408 e. The Morgan fingerprint density at radius 2 is 1.90 bits per heavy atom. The molecule has 0 aromatic heterocycles. The molecule has 0 saturated heterocycles. The van der Waals surface area contributed by atoms with Crippen molar-refractivity contribution >= 4 is 22.0 Å². The van der Waals surface area contributed by atoms with Gasteiger partial charge in [0.05, 0.1) is 6.61 Å². The molecule has 1 aromatic carbocycles. The normalized spacial score (nSPS) is 14.5. The van der Waals surface area contributed by atoms with Crippen LogP contribution in [0.4, 0.5) is 4.79 Å². The fraction of sp³-hybridized carbons (Fsp3) is 0.500. The van der Waals surface area contributed by atoms with Gasteiger partial charge in [0.15, 0.2) is 6.10 Å². The molecule has 20 heavy (non-hydrogen) atoms. The van der Waals surface area contributed by atoms with Crippen molar-refractivity contribution in [1.29, 1.82) is 0 Å². The fourth-order valence-electron chi connectivity index (χ4n) is 1.55. The number of halogens is 1. The molecule has 0 saturated carbocycles. The van der Waals surface area contributed by atoms with Gasteiger partial charge in [-0.25, -0.2) is 4.79 Å². The molecule has 0 fully saturated rings. The predicted octanol–water partition coefficient (Wildman–Crippen LogP) is 2.37. The van der Waals surface area contributed by atoms with E-state index in [2.05, 4.69) is 21.2 Å². The summed E-state index contributed by atoms with van der Waals surface area (Å²) in [6, 6.07) is 6.93. The van der Waals surface area contributed by atoms with E-state index in [1.165, 1.54) is 0 Å². The molecule has 5 nitrogen and oxygen atoms in total. The van der Waals surface area contributed by atoms with Gasteiger partial charge in [-0.15, -0.1) is 0 Å². The molecular weight excluding hydrogens is 326 g/mol. The second kappa shape index (κ2) is 7.06. The number of alkyl carbamates (subject to hydrolysis) is 1. The van der Waals surface area contributed by atoms with Gasteiger partial charge >= 0.3 is 6.09 Å². The van der Waals surface area contributed by atoms with E-state index in [9.17, 15) is 15.0 Å². The van der Waals surface area contributed by atoms with E-state index in [4.69, 9.17) is 4.74 Å². The zero-order valence-corrected chi connectivity index (χ0v) is 13.3. The van der Waals surface area contributed by atoms with Gasteiger partial charge in [-0.1, -0.05) is 28.1 Å². The summed E-state index contributed by atoms with van der Waals surface area (Å²) >= 11 is 3.30. The Hall–Kier alpha value is -1.11. The number of aliphatic hydroxyl groups excluding tert-OH is 2. The first kappa shape index (κ1) is 16.9. The summed E-state index contributed by atoms with van der Waals surface area (Å²) in [5, 5.41) is 22.0. The van der Waals surface area contributed by atoms with E-state index in [0.29, 0.717) is 5.56 Å². The van der Waals surface area contributed by atoms with Gasteiger partial charge in [0.25, 0.3) is 0 Å². The second-order valence-electron chi connectivity index (χ2n) is 5.50. The number of amides is 1. The largest absolute Gasteiger partial charge is 0.441 e. The quantitative estimate of drug-likeness (QED) is 0.782. The number of nitrogens with one attached hydrogen (secondary N) is 1. The minimum Gasteiger partial charge on any atom is -0.441 e. The number of ether oxygens (including phenoxy) is 1. The molecule has 2 atom stereocenters. The van der Waals surface area contributed by atoms with Gasteiger partial charge < -0.3 is 20.3 Å². The number of rotatable bonds is 4. The number of benzene rings is 1. The maximum absolute atomic E-state index is 11.7. The van der Waals surface area contributed by atoms with Crippen molar-refractivity contribution < 1.29 is 19.7 Å². The van der Waals surface area contributed by atoms with Gasteiger partial charge in [-0.2, -0.15) is 0 Å². The average Bonchev–Trinajstić information content (AvgIpc) is 2.34. The highest BCUT2D eigenvalue weighted by molar-refractivity contribution is 9.10. The lowest BCUT2D eigenvalue weighted by molar-refractivity contribution is -0.0288. The van der Waals surface area contributed by atoms with Crippen LogP contribution in [-0.2, 0) is 4.74 Å². The van der Waals surface area contributed by atoms with Crippen molar-refractivity contribution in [2.45, 2.75) is 38.5 Å². The third-order valence-electron chi connectivity index (χ3n) is 2.48. The highest BCUT2D eigenvalue weighted by Crippen LogP contribution is 2.21. The second-order valence-corrected chi connectivity index (χ2v) is 6.41. The van der Waals surface area contributed by atoms with E-state index >= 15 is 0 Å². The SMILES string of the molecule is CC(C)(C)NC(=O)OC(CO)C(O)c1ccc(Br)cc1. The summed E-state index contributed by atoms with van der Waals surface area (Å²) in [6.45, 7) is 4.98. The van der Waals surface area contributed by atoms with Gasteiger partial charge in [-0.3, -0.25) is 0 Å². The molecule has 6 heteroatoms. The maximum atomic E-state index is 11.7. The first-order chi connectivity index (χ1) is 9.23. The summed E-state index contributed by atoms with van der Waals surface area (Å²) in [6.07, 6.45) is -2.77. The Kier molecular flexibility index (Phi) is 5.98. The average molecular weight is 346 g/mol. The van der Waals surface area contributed by atoms with Crippen molar-refractivity contribution in [1.82, 2.24) is 5.32 Å². The van der Waals surface area contributed by atoms with Crippen molar-refractivity contribution in [3.63, 3.8) is 0 Å². The molecule has 0 aliphatic carbocycles. The van der Waals surface area contributed by atoms with Crippen molar-refractivity contribution in [3.05, 3.63) is 34.3 Å². The van der Waals surface area contributed by atoms with Crippen LogP contribution in [0.5, 0.6) is 0 Å². The molecule has 0 bridgehead atoms. The maximum Gasteiger partial charge on any atom is 0.408 e.